The molecule has 0 heterocycles. The van der Waals surface area contributed by atoms with Crippen molar-refractivity contribution in [1.29, 1.82) is 0 Å². The van der Waals surface area contributed by atoms with Crippen LogP contribution in [0, 0.1) is 0 Å². The van der Waals surface area contributed by atoms with Crippen molar-refractivity contribution in [2.24, 2.45) is 0 Å². The van der Waals surface area contributed by atoms with Crippen LogP contribution in [0.5, 0.6) is 0 Å². The molecule has 1 fully saturated rings. The molecule has 0 nitrogen and oxygen atoms in total. The lowest BCUT2D eigenvalue weighted by Crippen LogP contribution is -1.96. The molecule has 1 aliphatic rings. The monoisotopic (exact) mass is 202 g/mol. The third-order valence-electron chi connectivity index (χ3n) is 3.38. The third-order valence-corrected chi connectivity index (χ3v) is 3.38. The van der Waals surface area contributed by atoms with Crippen LogP contribution in [0.4, 0.5) is 0 Å². The van der Waals surface area contributed by atoms with Crippen LogP contribution in [0.1, 0.15) is 75.0 Å². The van der Waals surface area contributed by atoms with E-state index >= 15 is 0 Å². The maximum Gasteiger partial charge on any atom is -0.0161 e. The Morgan fingerprint density at radius 2 is 1.33 bits per heavy atom. The Hall–Kier alpha value is -0.780. The quantitative estimate of drug-likeness (QED) is 0.659. The van der Waals surface area contributed by atoms with Gasteiger partial charge in [-0.1, -0.05) is 45.9 Å². The van der Waals surface area contributed by atoms with Gasteiger partial charge in [-0.25, -0.2) is 0 Å². The van der Waals surface area contributed by atoms with Crippen LogP contribution in [0.25, 0.3) is 0 Å². The smallest absolute Gasteiger partial charge is 0.0161 e. The molecule has 1 saturated carbocycles. The summed E-state index contributed by atoms with van der Waals surface area (Å²) in [7, 11) is 0. The summed E-state index contributed by atoms with van der Waals surface area (Å²) >= 11 is 0. The maximum atomic E-state index is 2.42. The van der Waals surface area contributed by atoms with Crippen molar-refractivity contribution in [1.82, 2.24) is 0 Å². The summed E-state index contributed by atoms with van der Waals surface area (Å²) < 4.78 is 0. The molecular weight excluding hydrogens is 180 g/mol. The van der Waals surface area contributed by atoms with Gasteiger partial charge in [0.05, 0.1) is 0 Å². The average molecular weight is 202 g/mol. The first-order valence-corrected chi connectivity index (χ1v) is 6.22. The van der Waals surface area contributed by atoms with Crippen molar-refractivity contribution >= 4 is 0 Å². The van der Waals surface area contributed by atoms with Crippen LogP contribution in [0.15, 0.2) is 18.2 Å². The third kappa shape index (κ3) is 2.42. The molecule has 0 aromatic heterocycles. The van der Waals surface area contributed by atoms with Gasteiger partial charge in [-0.2, -0.15) is 0 Å². The molecule has 0 saturated heterocycles. The molecule has 1 aromatic carbocycles. The molecule has 1 aromatic rings. The van der Waals surface area contributed by atoms with Gasteiger partial charge in [0.25, 0.3) is 0 Å². The van der Waals surface area contributed by atoms with Gasteiger partial charge < -0.3 is 0 Å². The number of rotatable bonds is 3. The van der Waals surface area contributed by atoms with Crippen LogP contribution in [0.3, 0.4) is 0 Å². The van der Waals surface area contributed by atoms with E-state index in [2.05, 4.69) is 45.9 Å². The maximum absolute atomic E-state index is 2.42. The second-order valence-electron chi connectivity index (χ2n) is 5.52. The fraction of sp³-hybridized carbons (Fsp3) is 0.600. The minimum absolute atomic E-state index is 0.654. The van der Waals surface area contributed by atoms with E-state index in [-0.39, 0.29) is 0 Å². The van der Waals surface area contributed by atoms with E-state index in [9.17, 15) is 0 Å². The number of hydrogen-bond donors (Lipinski definition) is 0. The van der Waals surface area contributed by atoms with Gasteiger partial charge in [0.15, 0.2) is 0 Å². The average Bonchev–Trinajstić information content (AvgIpc) is 3.00. The summed E-state index contributed by atoms with van der Waals surface area (Å²) in [6, 6.07) is 7.24. The van der Waals surface area contributed by atoms with Crippen molar-refractivity contribution in [2.45, 2.75) is 58.3 Å². The van der Waals surface area contributed by atoms with Gasteiger partial charge >= 0.3 is 0 Å². The largest absolute Gasteiger partial charge is 0.0587 e. The molecule has 0 bridgehead atoms. The number of benzene rings is 1. The Morgan fingerprint density at radius 1 is 0.867 bits per heavy atom. The van der Waals surface area contributed by atoms with Gasteiger partial charge in [0, 0.05) is 0 Å². The highest BCUT2D eigenvalue weighted by Gasteiger charge is 2.24. The Morgan fingerprint density at radius 3 is 1.67 bits per heavy atom. The molecule has 0 atom stereocenters. The van der Waals surface area contributed by atoms with E-state index in [0.29, 0.717) is 11.8 Å². The molecule has 15 heavy (non-hydrogen) atoms. The van der Waals surface area contributed by atoms with Gasteiger partial charge in [0.1, 0.15) is 0 Å². The Bertz CT molecular complexity index is 287. The first-order valence-electron chi connectivity index (χ1n) is 6.22. The molecule has 0 N–H and O–H groups in total. The zero-order valence-electron chi connectivity index (χ0n) is 10.4. The molecule has 0 spiro atoms. The summed E-state index contributed by atoms with van der Waals surface area (Å²) in [6.07, 6.45) is 2.80. The van der Waals surface area contributed by atoms with Gasteiger partial charge in [-0.3, -0.25) is 0 Å². The van der Waals surface area contributed by atoms with Crippen LogP contribution in [0.2, 0.25) is 0 Å². The highest BCUT2D eigenvalue weighted by Crippen LogP contribution is 2.41. The standard InChI is InChI=1S/C15H22/c1-10(2)13-7-14(11(3)4)9-15(8-13)12-5-6-12/h7-12H,5-6H2,1-4H3. The summed E-state index contributed by atoms with van der Waals surface area (Å²) in [4.78, 5) is 0. The Balaban J connectivity index is 2.39. The van der Waals surface area contributed by atoms with E-state index in [1.807, 2.05) is 0 Å². The topological polar surface area (TPSA) is 0 Å². The highest BCUT2D eigenvalue weighted by atomic mass is 14.3. The van der Waals surface area contributed by atoms with E-state index in [0.717, 1.165) is 5.92 Å². The minimum atomic E-state index is 0.654. The first kappa shape index (κ1) is 10.7. The van der Waals surface area contributed by atoms with Crippen molar-refractivity contribution < 1.29 is 0 Å². The minimum Gasteiger partial charge on any atom is -0.0587 e. The second kappa shape index (κ2) is 4.00. The van der Waals surface area contributed by atoms with Crippen molar-refractivity contribution in [2.75, 3.05) is 0 Å². The van der Waals surface area contributed by atoms with E-state index in [1.165, 1.54) is 24.0 Å². The lowest BCUT2D eigenvalue weighted by atomic mass is 9.92. The Kier molecular flexibility index (Phi) is 2.86. The fourth-order valence-corrected chi connectivity index (χ4v) is 2.02. The normalized spacial score (nSPS) is 16.4. The summed E-state index contributed by atoms with van der Waals surface area (Å²) in [5.41, 5.74) is 4.62. The second-order valence-corrected chi connectivity index (χ2v) is 5.52. The van der Waals surface area contributed by atoms with Crippen LogP contribution in [-0.4, -0.2) is 0 Å². The molecule has 0 radical (unpaired) electrons. The predicted molar refractivity (Wildman–Crippen MR) is 66.6 cm³/mol. The fourth-order valence-electron chi connectivity index (χ4n) is 2.02. The molecular formula is C15H22. The highest BCUT2D eigenvalue weighted by molar-refractivity contribution is 5.37. The summed E-state index contributed by atoms with van der Waals surface area (Å²) in [5, 5.41) is 0. The van der Waals surface area contributed by atoms with E-state index in [1.54, 1.807) is 5.56 Å². The van der Waals surface area contributed by atoms with Crippen molar-refractivity contribution in [3.05, 3.63) is 34.9 Å². The SMILES string of the molecule is CC(C)c1cc(C(C)C)cc(C2CC2)c1. The molecule has 2 rings (SSSR count). The van der Waals surface area contributed by atoms with Crippen LogP contribution < -0.4 is 0 Å². The zero-order valence-corrected chi connectivity index (χ0v) is 10.4. The predicted octanol–water partition coefficient (Wildman–Crippen LogP) is 4.81. The van der Waals surface area contributed by atoms with Crippen LogP contribution >= 0.6 is 0 Å². The van der Waals surface area contributed by atoms with E-state index < -0.39 is 0 Å². The van der Waals surface area contributed by atoms with Gasteiger partial charge in [-0.05, 0) is 47.3 Å². The molecule has 1 aliphatic carbocycles. The molecule has 82 valence electrons. The first-order chi connectivity index (χ1) is 7.08. The molecule has 0 heteroatoms. The summed E-state index contributed by atoms with van der Waals surface area (Å²) in [5.74, 6) is 2.18. The molecule has 0 amide bonds. The molecule has 0 unspecified atom stereocenters. The van der Waals surface area contributed by atoms with Gasteiger partial charge in [0.2, 0.25) is 0 Å². The van der Waals surface area contributed by atoms with Gasteiger partial charge in [-0.15, -0.1) is 0 Å². The Labute approximate surface area is 93.7 Å². The van der Waals surface area contributed by atoms with E-state index in [4.69, 9.17) is 0 Å². The van der Waals surface area contributed by atoms with Crippen LogP contribution in [-0.2, 0) is 0 Å². The van der Waals surface area contributed by atoms with Crippen molar-refractivity contribution in [3.8, 4) is 0 Å². The number of hydrogen-bond acceptors (Lipinski definition) is 0. The lowest BCUT2D eigenvalue weighted by Gasteiger charge is -2.14. The zero-order chi connectivity index (χ0) is 11.0. The lowest BCUT2D eigenvalue weighted by molar-refractivity contribution is 0.827. The molecule has 0 aliphatic heterocycles. The van der Waals surface area contributed by atoms with Crippen molar-refractivity contribution in [3.63, 3.8) is 0 Å². The summed E-state index contributed by atoms with van der Waals surface area (Å²) in [6.45, 7) is 9.15.